The van der Waals surface area contributed by atoms with Gasteiger partial charge < -0.3 is 15.4 Å². The Bertz CT molecular complexity index is 2020. The van der Waals surface area contributed by atoms with Gasteiger partial charge in [0.05, 0.1) is 6.54 Å². The summed E-state index contributed by atoms with van der Waals surface area (Å²) in [5, 5.41) is 15.2. The molecule has 2 aromatic carbocycles. The summed E-state index contributed by atoms with van der Waals surface area (Å²) in [4.78, 5) is 63.7. The van der Waals surface area contributed by atoms with Crippen LogP contribution in [0.5, 0.6) is 0 Å². The van der Waals surface area contributed by atoms with Crippen LogP contribution in [-0.2, 0) is 30.5 Å². The van der Waals surface area contributed by atoms with Crippen LogP contribution in [0.3, 0.4) is 0 Å². The molecule has 1 aliphatic carbocycles. The first kappa shape index (κ1) is 41.9. The van der Waals surface area contributed by atoms with Crippen LogP contribution in [0.2, 0.25) is 0 Å². The van der Waals surface area contributed by atoms with E-state index in [0.29, 0.717) is 37.0 Å². The number of fused-ring (bicyclic) bond motifs is 2. The van der Waals surface area contributed by atoms with Crippen LogP contribution in [0.1, 0.15) is 122 Å². The van der Waals surface area contributed by atoms with Gasteiger partial charge in [-0.15, -0.1) is 0 Å². The molecule has 298 valence electrons. The molecule has 0 atom stereocenters. The van der Waals surface area contributed by atoms with Crippen LogP contribution in [0.15, 0.2) is 36.5 Å². The Morgan fingerprint density at radius 3 is 2.24 bits per heavy atom. The van der Waals surface area contributed by atoms with E-state index in [1.807, 2.05) is 13.8 Å². The minimum absolute atomic E-state index is 0.0437. The van der Waals surface area contributed by atoms with Crippen molar-refractivity contribution in [3.63, 3.8) is 0 Å². The van der Waals surface area contributed by atoms with Crippen molar-refractivity contribution in [1.82, 2.24) is 30.2 Å². The molecular formula is C41H53FIN6O6-. The van der Waals surface area contributed by atoms with Crippen molar-refractivity contribution < 1.29 is 54.3 Å². The molecule has 2 amide bonds. The molecule has 2 aromatic heterocycles. The van der Waals surface area contributed by atoms with E-state index in [-0.39, 0.29) is 53.7 Å². The Morgan fingerprint density at radius 1 is 0.891 bits per heavy atom. The molecular weight excluding hydrogens is 818 g/mol. The predicted molar refractivity (Wildman–Crippen MR) is 205 cm³/mol. The number of hydrogen-bond donors (Lipinski definition) is 2. The number of carbonyl (C=O) groups excluding carboxylic acids is 5. The second-order valence-corrected chi connectivity index (χ2v) is 19.1. The van der Waals surface area contributed by atoms with Gasteiger partial charge in [-0.1, -0.05) is 13.8 Å². The molecule has 0 saturated heterocycles. The van der Waals surface area contributed by atoms with Crippen LogP contribution in [0.4, 0.5) is 4.39 Å². The number of halogens is 2. The van der Waals surface area contributed by atoms with Gasteiger partial charge in [-0.25, -0.2) is 0 Å². The summed E-state index contributed by atoms with van der Waals surface area (Å²) in [6.45, 7) is 8.19. The first-order chi connectivity index (χ1) is 26.2. The fourth-order valence-corrected chi connectivity index (χ4v) is 9.91. The van der Waals surface area contributed by atoms with E-state index in [9.17, 15) is 24.0 Å². The summed E-state index contributed by atoms with van der Waals surface area (Å²) in [5.74, 6) is -2.54. The molecule has 0 aliphatic heterocycles. The molecule has 1 aliphatic rings. The van der Waals surface area contributed by atoms with Crippen LogP contribution < -0.4 is 31.8 Å². The minimum atomic E-state index is -0.688. The van der Waals surface area contributed by atoms with Crippen molar-refractivity contribution in [1.29, 1.82) is 0 Å². The average Bonchev–Trinajstić information content (AvgIpc) is 3.71. The fraction of sp³-hybridized carbons (Fsp3) is 0.537. The molecule has 0 spiro atoms. The SMILES string of the molecule is CC(C)c1nn(CC(=O)NCC(=O)NCC(=O)OC(C)(C)C)c2cccc(-c3cc4c(cnn4C(=O)CCC(=O)[I-]C4CCCCCCCCC4)cc3F)c12. The molecule has 2 heterocycles. The summed E-state index contributed by atoms with van der Waals surface area (Å²) in [6, 6.07) is 8.30. The molecule has 0 radical (unpaired) electrons. The third kappa shape index (κ3) is 11.7. The van der Waals surface area contributed by atoms with Crippen LogP contribution >= 0.6 is 0 Å². The number of hydrogen-bond acceptors (Lipinski definition) is 8. The van der Waals surface area contributed by atoms with Crippen LogP contribution in [0.25, 0.3) is 32.9 Å². The third-order valence-corrected chi connectivity index (χ3v) is 12.8. The molecule has 1 fully saturated rings. The topological polar surface area (TPSA) is 154 Å². The zero-order valence-corrected chi connectivity index (χ0v) is 34.7. The van der Waals surface area contributed by atoms with Gasteiger partial charge >= 0.3 is 232 Å². The summed E-state index contributed by atoms with van der Waals surface area (Å²) in [7, 11) is 0. The second-order valence-electron chi connectivity index (χ2n) is 15.5. The number of rotatable bonds is 13. The maximum atomic E-state index is 15.9. The molecule has 1 saturated carbocycles. The van der Waals surface area contributed by atoms with E-state index in [2.05, 4.69) is 15.7 Å². The van der Waals surface area contributed by atoms with E-state index >= 15 is 4.39 Å². The zero-order valence-electron chi connectivity index (χ0n) is 32.5. The zero-order chi connectivity index (χ0) is 39.7. The van der Waals surface area contributed by atoms with Crippen LogP contribution in [-0.4, -0.2) is 69.7 Å². The molecule has 55 heavy (non-hydrogen) atoms. The molecule has 4 aromatic rings. The summed E-state index contributed by atoms with van der Waals surface area (Å²) in [6.07, 6.45) is 12.6. The van der Waals surface area contributed by atoms with Crippen molar-refractivity contribution in [2.75, 3.05) is 13.1 Å². The van der Waals surface area contributed by atoms with Gasteiger partial charge in [-0.05, 0) is 20.8 Å². The van der Waals surface area contributed by atoms with Gasteiger partial charge in [0.25, 0.3) is 0 Å². The fourth-order valence-electron chi connectivity index (χ4n) is 6.85. The van der Waals surface area contributed by atoms with Crippen molar-refractivity contribution in [2.24, 2.45) is 0 Å². The van der Waals surface area contributed by atoms with E-state index in [0.717, 1.165) is 12.8 Å². The van der Waals surface area contributed by atoms with Gasteiger partial charge in [-0.2, -0.15) is 0 Å². The quantitative estimate of drug-likeness (QED) is 0.0891. The Morgan fingerprint density at radius 2 is 1.56 bits per heavy atom. The van der Waals surface area contributed by atoms with Gasteiger partial charge in [0.15, 0.2) is 0 Å². The second kappa shape index (κ2) is 19.1. The van der Waals surface area contributed by atoms with Gasteiger partial charge in [0.1, 0.15) is 18.7 Å². The Labute approximate surface area is 331 Å². The number of benzene rings is 2. The Hall–Kier alpha value is -4.21. The molecule has 2 N–H and O–H groups in total. The number of esters is 1. The van der Waals surface area contributed by atoms with E-state index < -0.39 is 50.4 Å². The van der Waals surface area contributed by atoms with Crippen molar-refractivity contribution in [3.8, 4) is 11.1 Å². The number of amides is 2. The number of aromatic nitrogens is 4. The van der Waals surface area contributed by atoms with E-state index in [1.54, 1.807) is 45.0 Å². The third-order valence-electron chi connectivity index (χ3n) is 9.47. The number of carbonyl (C=O) groups is 5. The first-order valence-electron chi connectivity index (χ1n) is 19.3. The van der Waals surface area contributed by atoms with Crippen molar-refractivity contribution in [2.45, 2.75) is 127 Å². The maximum absolute atomic E-state index is 15.9. The molecule has 5 rings (SSSR count). The summed E-state index contributed by atoms with van der Waals surface area (Å²) in [5.41, 5.74) is 1.78. The van der Waals surface area contributed by atoms with E-state index in [1.165, 1.54) is 66.6 Å². The summed E-state index contributed by atoms with van der Waals surface area (Å²) < 4.78 is 24.6. The van der Waals surface area contributed by atoms with Gasteiger partial charge in [-0.3, -0.25) is 14.4 Å². The first-order valence-corrected chi connectivity index (χ1v) is 21.6. The van der Waals surface area contributed by atoms with E-state index in [4.69, 9.17) is 9.84 Å². The normalized spacial score (nSPS) is 14.7. The average molecular weight is 872 g/mol. The molecule has 0 unspecified atom stereocenters. The number of nitrogens with one attached hydrogen (secondary N) is 2. The number of ether oxygens (including phenoxy) is 1. The molecule has 0 bridgehead atoms. The van der Waals surface area contributed by atoms with Gasteiger partial charge in [0.2, 0.25) is 11.8 Å². The van der Waals surface area contributed by atoms with Crippen molar-refractivity contribution in [3.05, 3.63) is 48.0 Å². The van der Waals surface area contributed by atoms with Crippen molar-refractivity contribution >= 4 is 49.3 Å². The Kier molecular flexibility index (Phi) is 14.6. The predicted octanol–water partition coefficient (Wildman–Crippen LogP) is 3.82. The van der Waals surface area contributed by atoms with Gasteiger partial charge in [0, 0.05) is 0 Å². The Balaban J connectivity index is 1.30. The number of alkyl halides is 1. The number of nitrogens with zero attached hydrogens (tertiary/aromatic N) is 4. The molecule has 14 heteroatoms. The standard InChI is InChI=1S/C41H53FIN6O6/c1-26(2)40-39-29(16-13-17-32(39)48(47-40)25-36(52)44-23-35(51)45-24-38(54)55-41(3,4)5)30-21-33-27(20-31(30)42)22-46-49(33)37(53)19-18-34(50)43-28-14-11-9-7-6-8-10-12-15-28/h13,16-17,20-22,26,28H,6-12,14-15,18-19,23-25H2,1-5H3,(H,44,52)(H,45,51)/q-1. The summed E-state index contributed by atoms with van der Waals surface area (Å²) >= 11 is -0.657. The monoisotopic (exact) mass is 871 g/mol. The molecule has 12 nitrogen and oxygen atoms in total. The van der Waals surface area contributed by atoms with Crippen LogP contribution in [0, 0.1) is 5.82 Å².